The summed E-state index contributed by atoms with van der Waals surface area (Å²) in [5, 5.41) is 0. The molecule has 1 rings (SSSR count). The van der Waals surface area contributed by atoms with Gasteiger partial charge in [-0.3, -0.25) is 24.0 Å². The molecular formula is C17H22O10. The lowest BCUT2D eigenvalue weighted by atomic mass is 9.89. The minimum Gasteiger partial charge on any atom is -0.461 e. The van der Waals surface area contributed by atoms with E-state index < -0.39 is 54.3 Å². The van der Waals surface area contributed by atoms with Crippen LogP contribution < -0.4 is 0 Å². The van der Waals surface area contributed by atoms with Crippen LogP contribution in [0.15, 0.2) is 11.6 Å². The van der Waals surface area contributed by atoms with E-state index in [1.165, 1.54) is 13.0 Å². The lowest BCUT2D eigenvalue weighted by Gasteiger charge is -2.39. The fourth-order valence-corrected chi connectivity index (χ4v) is 2.55. The summed E-state index contributed by atoms with van der Waals surface area (Å²) in [5.41, 5.74) is 0.210. The maximum Gasteiger partial charge on any atom is 0.303 e. The van der Waals surface area contributed by atoms with E-state index in [2.05, 4.69) is 0 Å². The second kappa shape index (κ2) is 9.70. The Balaban J connectivity index is 3.40. The molecule has 0 aromatic heterocycles. The number of carbonyl (C=O) groups excluding carboxylic acids is 5. The van der Waals surface area contributed by atoms with Gasteiger partial charge in [-0.15, -0.1) is 0 Å². The Morgan fingerprint density at radius 3 is 1.63 bits per heavy atom. The molecule has 0 aromatic carbocycles. The highest BCUT2D eigenvalue weighted by Gasteiger charge is 2.48. The molecule has 0 saturated heterocycles. The van der Waals surface area contributed by atoms with Gasteiger partial charge in [0, 0.05) is 40.2 Å². The molecule has 0 spiro atoms. The smallest absolute Gasteiger partial charge is 0.303 e. The van der Waals surface area contributed by atoms with Crippen LogP contribution in [-0.4, -0.2) is 60.9 Å². The maximum absolute atomic E-state index is 11.6. The van der Waals surface area contributed by atoms with Crippen LogP contribution in [0.25, 0.3) is 0 Å². The molecule has 10 heteroatoms. The molecule has 10 nitrogen and oxygen atoms in total. The average molecular weight is 386 g/mol. The van der Waals surface area contributed by atoms with Crippen molar-refractivity contribution < 1.29 is 47.7 Å². The Morgan fingerprint density at radius 2 is 1.19 bits per heavy atom. The molecule has 0 aromatic rings. The molecule has 0 heterocycles. The van der Waals surface area contributed by atoms with E-state index in [0.717, 1.165) is 27.7 Å². The predicted octanol–water partition coefficient (Wildman–Crippen LogP) is 0.216. The summed E-state index contributed by atoms with van der Waals surface area (Å²) in [6, 6.07) is 0. The molecule has 150 valence electrons. The number of rotatable bonds is 6. The first-order chi connectivity index (χ1) is 12.5. The van der Waals surface area contributed by atoms with Gasteiger partial charge >= 0.3 is 29.8 Å². The van der Waals surface area contributed by atoms with Crippen molar-refractivity contribution in [3.05, 3.63) is 11.6 Å². The first kappa shape index (κ1) is 22.1. The molecule has 0 unspecified atom stereocenters. The summed E-state index contributed by atoms with van der Waals surface area (Å²) in [4.78, 5) is 57.2. The molecule has 0 radical (unpaired) electrons. The fraction of sp³-hybridized carbons (Fsp3) is 0.588. The minimum absolute atomic E-state index is 0.210. The highest BCUT2D eigenvalue weighted by molar-refractivity contribution is 5.70. The predicted molar refractivity (Wildman–Crippen MR) is 86.9 cm³/mol. The molecule has 0 fully saturated rings. The van der Waals surface area contributed by atoms with Gasteiger partial charge in [0.25, 0.3) is 0 Å². The minimum atomic E-state index is -1.31. The van der Waals surface area contributed by atoms with Crippen LogP contribution in [0.1, 0.15) is 34.6 Å². The van der Waals surface area contributed by atoms with Gasteiger partial charge < -0.3 is 23.7 Å². The van der Waals surface area contributed by atoms with E-state index in [1.807, 2.05) is 0 Å². The van der Waals surface area contributed by atoms with Gasteiger partial charge in [-0.1, -0.05) is 0 Å². The summed E-state index contributed by atoms with van der Waals surface area (Å²) >= 11 is 0. The molecule has 1 aliphatic carbocycles. The van der Waals surface area contributed by atoms with Crippen LogP contribution in [0, 0.1) is 0 Å². The maximum atomic E-state index is 11.6. The van der Waals surface area contributed by atoms with Crippen molar-refractivity contribution in [1.82, 2.24) is 0 Å². The summed E-state index contributed by atoms with van der Waals surface area (Å²) in [7, 11) is 0. The number of esters is 5. The normalized spacial score (nSPS) is 24.1. The van der Waals surface area contributed by atoms with E-state index in [4.69, 9.17) is 23.7 Å². The summed E-state index contributed by atoms with van der Waals surface area (Å²) < 4.78 is 25.6. The zero-order valence-corrected chi connectivity index (χ0v) is 15.7. The van der Waals surface area contributed by atoms with Crippen LogP contribution in [0.4, 0.5) is 0 Å². The van der Waals surface area contributed by atoms with Crippen molar-refractivity contribution in [2.75, 3.05) is 6.61 Å². The largest absolute Gasteiger partial charge is 0.461 e. The van der Waals surface area contributed by atoms with Crippen LogP contribution >= 0.6 is 0 Å². The highest BCUT2D eigenvalue weighted by atomic mass is 16.6. The zero-order valence-electron chi connectivity index (χ0n) is 15.7. The quantitative estimate of drug-likeness (QED) is 0.355. The number of hydrogen-bond acceptors (Lipinski definition) is 10. The van der Waals surface area contributed by atoms with Crippen molar-refractivity contribution in [2.45, 2.75) is 59.0 Å². The number of hydrogen-bond donors (Lipinski definition) is 0. The molecule has 0 N–H and O–H groups in total. The molecule has 0 saturated carbocycles. The molecule has 0 aliphatic heterocycles. The van der Waals surface area contributed by atoms with Gasteiger partial charge in [0.1, 0.15) is 6.61 Å². The van der Waals surface area contributed by atoms with Crippen LogP contribution in [-0.2, 0) is 47.7 Å². The van der Waals surface area contributed by atoms with E-state index in [-0.39, 0.29) is 12.2 Å². The van der Waals surface area contributed by atoms with Crippen LogP contribution in [0.3, 0.4) is 0 Å². The van der Waals surface area contributed by atoms with Gasteiger partial charge in [0.05, 0.1) is 0 Å². The highest BCUT2D eigenvalue weighted by Crippen LogP contribution is 2.30. The van der Waals surface area contributed by atoms with Crippen molar-refractivity contribution in [3.8, 4) is 0 Å². The van der Waals surface area contributed by atoms with Crippen LogP contribution in [0.2, 0.25) is 0 Å². The lowest BCUT2D eigenvalue weighted by molar-refractivity contribution is -0.195. The van der Waals surface area contributed by atoms with Gasteiger partial charge in [-0.25, -0.2) is 0 Å². The van der Waals surface area contributed by atoms with E-state index in [1.54, 1.807) is 0 Å². The van der Waals surface area contributed by atoms with E-state index in [0.29, 0.717) is 0 Å². The summed E-state index contributed by atoms with van der Waals surface area (Å²) in [5.74, 6) is -3.48. The lowest BCUT2D eigenvalue weighted by Crippen LogP contribution is -2.55. The Bertz CT molecular complexity index is 650. The monoisotopic (exact) mass is 386 g/mol. The third-order valence-corrected chi connectivity index (χ3v) is 3.33. The van der Waals surface area contributed by atoms with Gasteiger partial charge in [-0.05, 0) is 6.08 Å². The molecule has 0 amide bonds. The Labute approximate surface area is 155 Å². The first-order valence-corrected chi connectivity index (χ1v) is 8.04. The van der Waals surface area contributed by atoms with Gasteiger partial charge in [-0.2, -0.15) is 0 Å². The Morgan fingerprint density at radius 1 is 0.704 bits per heavy atom. The van der Waals surface area contributed by atoms with Crippen molar-refractivity contribution in [1.29, 1.82) is 0 Å². The van der Waals surface area contributed by atoms with Crippen molar-refractivity contribution in [2.24, 2.45) is 0 Å². The molecular weight excluding hydrogens is 364 g/mol. The average Bonchev–Trinajstić information content (AvgIpc) is 2.49. The standard InChI is InChI=1S/C17H22O10/c1-8(18)23-7-13-6-14(24-9(2)19)16(26-11(4)21)17(27-12(5)22)15(13)25-10(3)20/h6,14-17H,7H2,1-5H3/t14-,15-,16-,17-/m0/s1. The first-order valence-electron chi connectivity index (χ1n) is 8.04. The third kappa shape index (κ3) is 7.08. The summed E-state index contributed by atoms with van der Waals surface area (Å²) in [6.07, 6.45) is -3.59. The summed E-state index contributed by atoms with van der Waals surface area (Å²) in [6.45, 7) is 5.38. The van der Waals surface area contributed by atoms with Crippen molar-refractivity contribution in [3.63, 3.8) is 0 Å². The van der Waals surface area contributed by atoms with Gasteiger partial charge in [0.15, 0.2) is 24.4 Å². The Hall–Kier alpha value is -2.91. The molecule has 0 bridgehead atoms. The number of carbonyl (C=O) groups is 5. The van der Waals surface area contributed by atoms with E-state index >= 15 is 0 Å². The van der Waals surface area contributed by atoms with Crippen molar-refractivity contribution >= 4 is 29.8 Å². The number of ether oxygens (including phenoxy) is 5. The zero-order chi connectivity index (χ0) is 20.7. The SMILES string of the molecule is CC(=O)OCC1=C[C@H](OC(C)=O)[C@H](OC(C)=O)[C@@H](OC(C)=O)[C@H]1OC(C)=O. The van der Waals surface area contributed by atoms with Gasteiger partial charge in [0.2, 0.25) is 0 Å². The third-order valence-electron chi connectivity index (χ3n) is 3.33. The molecule has 1 aliphatic rings. The topological polar surface area (TPSA) is 132 Å². The fourth-order valence-electron chi connectivity index (χ4n) is 2.55. The second-order valence-corrected chi connectivity index (χ2v) is 5.77. The second-order valence-electron chi connectivity index (χ2n) is 5.77. The van der Waals surface area contributed by atoms with Crippen LogP contribution in [0.5, 0.6) is 0 Å². The van der Waals surface area contributed by atoms with E-state index in [9.17, 15) is 24.0 Å². The molecule has 4 atom stereocenters. The molecule has 27 heavy (non-hydrogen) atoms. The Kier molecular flexibility index (Phi) is 7.95.